The van der Waals surface area contributed by atoms with Gasteiger partial charge in [-0.05, 0) is 18.2 Å². The van der Waals surface area contributed by atoms with Crippen molar-refractivity contribution >= 4 is 11.5 Å². The second-order valence-electron chi connectivity index (χ2n) is 4.76. The number of ether oxygens (including phenoxy) is 2. The van der Waals surface area contributed by atoms with Crippen LogP contribution in [0.4, 0.5) is 0 Å². The van der Waals surface area contributed by atoms with Gasteiger partial charge in [-0.2, -0.15) is 0 Å². The van der Waals surface area contributed by atoms with Crippen molar-refractivity contribution in [1.29, 1.82) is 0 Å². The number of hydrogen-bond donors (Lipinski definition) is 2. The van der Waals surface area contributed by atoms with Gasteiger partial charge in [0.2, 0.25) is 0 Å². The first-order valence-electron chi connectivity index (χ1n) is 6.79. The van der Waals surface area contributed by atoms with Crippen molar-refractivity contribution in [2.24, 2.45) is 0 Å². The van der Waals surface area contributed by atoms with Crippen LogP contribution in [0.2, 0.25) is 0 Å². The van der Waals surface area contributed by atoms with Gasteiger partial charge in [-0.25, -0.2) is 9.78 Å². The molecule has 0 aliphatic rings. The van der Waals surface area contributed by atoms with Crippen LogP contribution in [0.25, 0.3) is 5.52 Å². The third kappa shape index (κ3) is 2.76. The van der Waals surface area contributed by atoms with Crippen LogP contribution in [0.5, 0.6) is 17.2 Å². The molecule has 0 spiro atoms. The highest BCUT2D eigenvalue weighted by molar-refractivity contribution is 5.94. The average Bonchev–Trinajstić information content (AvgIpc) is 2.91. The molecular formula is C16H14N2O5. The molecule has 0 atom stereocenters. The normalized spacial score (nSPS) is 10.7. The van der Waals surface area contributed by atoms with Crippen molar-refractivity contribution in [2.75, 3.05) is 7.11 Å². The minimum absolute atomic E-state index is 0.0305. The number of methoxy groups -OCH3 is 1. The molecule has 0 amide bonds. The zero-order valence-electron chi connectivity index (χ0n) is 12.3. The number of pyridine rings is 1. The number of rotatable bonds is 5. The zero-order valence-corrected chi connectivity index (χ0v) is 12.3. The summed E-state index contributed by atoms with van der Waals surface area (Å²) in [6.07, 6.45) is 1.55. The Kier molecular flexibility index (Phi) is 3.76. The van der Waals surface area contributed by atoms with Gasteiger partial charge in [0, 0.05) is 12.3 Å². The van der Waals surface area contributed by atoms with Crippen molar-refractivity contribution in [3.63, 3.8) is 0 Å². The van der Waals surface area contributed by atoms with Crippen molar-refractivity contribution in [3.05, 3.63) is 54.1 Å². The van der Waals surface area contributed by atoms with Gasteiger partial charge in [-0.15, -0.1) is 0 Å². The fourth-order valence-corrected chi connectivity index (χ4v) is 2.28. The number of aromatic hydroxyl groups is 1. The molecule has 23 heavy (non-hydrogen) atoms. The number of aromatic carboxylic acids is 1. The second kappa shape index (κ2) is 5.88. The number of para-hydroxylation sites is 2. The summed E-state index contributed by atoms with van der Waals surface area (Å²) >= 11 is 0. The lowest BCUT2D eigenvalue weighted by atomic mass is 10.3. The number of aromatic nitrogens is 2. The highest BCUT2D eigenvalue weighted by Crippen LogP contribution is 2.27. The lowest BCUT2D eigenvalue weighted by Gasteiger charge is -2.09. The molecule has 1 aromatic carbocycles. The number of hydrogen-bond acceptors (Lipinski definition) is 5. The van der Waals surface area contributed by atoms with Gasteiger partial charge in [0.25, 0.3) is 0 Å². The van der Waals surface area contributed by atoms with E-state index in [2.05, 4.69) is 4.98 Å². The molecule has 0 fully saturated rings. The fraction of sp³-hybridized carbons (Fsp3) is 0.125. The maximum Gasteiger partial charge on any atom is 0.356 e. The number of benzene rings is 1. The first-order valence-corrected chi connectivity index (χ1v) is 6.79. The van der Waals surface area contributed by atoms with Crippen LogP contribution < -0.4 is 9.47 Å². The van der Waals surface area contributed by atoms with Crippen LogP contribution in [0.1, 0.15) is 16.3 Å². The van der Waals surface area contributed by atoms with Gasteiger partial charge in [-0.1, -0.05) is 12.1 Å². The molecule has 7 heteroatoms. The van der Waals surface area contributed by atoms with Gasteiger partial charge < -0.3 is 19.7 Å². The zero-order chi connectivity index (χ0) is 16.4. The lowest BCUT2D eigenvalue weighted by molar-refractivity contribution is 0.0693. The molecule has 3 rings (SSSR count). The predicted molar refractivity (Wildman–Crippen MR) is 81.1 cm³/mol. The van der Waals surface area contributed by atoms with E-state index in [4.69, 9.17) is 9.47 Å². The Labute approximate surface area is 131 Å². The lowest BCUT2D eigenvalue weighted by Crippen LogP contribution is -2.02. The van der Waals surface area contributed by atoms with E-state index >= 15 is 0 Å². The maximum absolute atomic E-state index is 11.3. The number of nitrogens with zero attached hydrogens (tertiary/aromatic N) is 2. The largest absolute Gasteiger partial charge is 0.508 e. The fourth-order valence-electron chi connectivity index (χ4n) is 2.28. The van der Waals surface area contributed by atoms with E-state index < -0.39 is 5.97 Å². The van der Waals surface area contributed by atoms with Gasteiger partial charge in [0.1, 0.15) is 12.4 Å². The molecule has 0 saturated carbocycles. The van der Waals surface area contributed by atoms with E-state index in [1.807, 2.05) is 12.1 Å². The summed E-state index contributed by atoms with van der Waals surface area (Å²) in [7, 11) is 1.54. The topological polar surface area (TPSA) is 93.3 Å². The molecule has 2 aromatic heterocycles. The molecule has 7 nitrogen and oxygen atoms in total. The van der Waals surface area contributed by atoms with E-state index in [0.717, 1.165) is 0 Å². The highest BCUT2D eigenvalue weighted by atomic mass is 16.5. The van der Waals surface area contributed by atoms with Crippen molar-refractivity contribution in [1.82, 2.24) is 9.38 Å². The van der Waals surface area contributed by atoms with Crippen LogP contribution in [-0.2, 0) is 6.61 Å². The SMILES string of the molecule is COc1ccccc1OCc1nc(C(=O)O)c2cc(O)ccn12. The Bertz CT molecular complexity index is 872. The summed E-state index contributed by atoms with van der Waals surface area (Å²) < 4.78 is 12.5. The maximum atomic E-state index is 11.3. The van der Waals surface area contributed by atoms with Gasteiger partial charge in [0.05, 0.1) is 12.6 Å². The van der Waals surface area contributed by atoms with E-state index in [1.165, 1.54) is 12.1 Å². The average molecular weight is 314 g/mol. The quantitative estimate of drug-likeness (QED) is 0.751. The molecule has 118 valence electrons. The second-order valence-corrected chi connectivity index (χ2v) is 4.76. The van der Waals surface area contributed by atoms with Crippen molar-refractivity contribution < 1.29 is 24.5 Å². The molecule has 2 N–H and O–H groups in total. The van der Waals surface area contributed by atoms with Gasteiger partial charge in [0.15, 0.2) is 23.0 Å². The minimum atomic E-state index is -1.17. The van der Waals surface area contributed by atoms with E-state index in [9.17, 15) is 15.0 Å². The van der Waals surface area contributed by atoms with Crippen molar-refractivity contribution in [3.8, 4) is 17.2 Å². The third-order valence-electron chi connectivity index (χ3n) is 3.33. The third-order valence-corrected chi connectivity index (χ3v) is 3.33. The number of carboxylic acid groups (broad SMARTS) is 1. The smallest absolute Gasteiger partial charge is 0.356 e. The molecule has 0 saturated heterocycles. The van der Waals surface area contributed by atoms with Gasteiger partial charge >= 0.3 is 5.97 Å². The summed E-state index contributed by atoms with van der Waals surface area (Å²) in [5, 5.41) is 18.8. The molecule has 0 aliphatic heterocycles. The summed E-state index contributed by atoms with van der Waals surface area (Å²) in [6.45, 7) is 0.0552. The minimum Gasteiger partial charge on any atom is -0.508 e. The molecular weight excluding hydrogens is 300 g/mol. The first kappa shape index (κ1) is 14.7. The number of carbonyl (C=O) groups is 1. The Balaban J connectivity index is 1.96. The molecule has 0 aliphatic carbocycles. The first-order chi connectivity index (χ1) is 11.1. The molecule has 0 unspecified atom stereocenters. The monoisotopic (exact) mass is 314 g/mol. The molecule has 3 aromatic rings. The summed E-state index contributed by atoms with van der Waals surface area (Å²) in [5.74, 6) is 0.309. The van der Waals surface area contributed by atoms with Crippen LogP contribution in [0, 0.1) is 0 Å². The standard InChI is InChI=1S/C16H14N2O5/c1-22-12-4-2-3-5-13(12)23-9-14-17-15(16(20)21)11-8-10(19)6-7-18(11)14/h2-8,19H,9H2,1H3,(H,20,21). The van der Waals surface area contributed by atoms with Crippen LogP contribution in [0.15, 0.2) is 42.6 Å². The Morgan fingerprint density at radius 3 is 2.70 bits per heavy atom. The van der Waals surface area contributed by atoms with Crippen LogP contribution >= 0.6 is 0 Å². The summed E-state index contributed by atoms with van der Waals surface area (Å²) in [5.41, 5.74) is 0.163. The van der Waals surface area contributed by atoms with E-state index in [0.29, 0.717) is 22.8 Å². The number of carboxylic acids is 1. The van der Waals surface area contributed by atoms with Crippen LogP contribution in [0.3, 0.4) is 0 Å². The van der Waals surface area contributed by atoms with E-state index in [-0.39, 0.29) is 18.1 Å². The van der Waals surface area contributed by atoms with E-state index in [1.54, 1.807) is 29.8 Å². The highest BCUT2D eigenvalue weighted by Gasteiger charge is 2.17. The molecule has 0 bridgehead atoms. The molecule has 0 radical (unpaired) electrons. The van der Waals surface area contributed by atoms with Crippen molar-refractivity contribution in [2.45, 2.75) is 6.61 Å². The Hall–Kier alpha value is -3.22. The Morgan fingerprint density at radius 2 is 2.00 bits per heavy atom. The molecule has 2 heterocycles. The number of imidazole rings is 1. The number of fused-ring (bicyclic) bond motifs is 1. The van der Waals surface area contributed by atoms with Gasteiger partial charge in [-0.3, -0.25) is 4.40 Å². The van der Waals surface area contributed by atoms with Crippen LogP contribution in [-0.4, -0.2) is 32.7 Å². The predicted octanol–water partition coefficient (Wildman–Crippen LogP) is 2.33. The Morgan fingerprint density at radius 1 is 1.26 bits per heavy atom. The summed E-state index contributed by atoms with van der Waals surface area (Å²) in [4.78, 5) is 15.4. The summed E-state index contributed by atoms with van der Waals surface area (Å²) in [6, 6.07) is 9.94.